The Labute approximate surface area is 117 Å². The fourth-order valence-corrected chi connectivity index (χ4v) is 1.39. The van der Waals surface area contributed by atoms with Crippen molar-refractivity contribution in [1.29, 1.82) is 0 Å². The average molecular weight is 305 g/mol. The highest BCUT2D eigenvalue weighted by atomic mass is 35.5. The van der Waals surface area contributed by atoms with Gasteiger partial charge in [-0.05, 0) is 18.2 Å². The van der Waals surface area contributed by atoms with Crippen molar-refractivity contribution in [2.24, 2.45) is 0 Å². The molecule has 1 aromatic rings. The first-order valence-electron chi connectivity index (χ1n) is 5.26. The number of carbonyl (C=O) groups excluding carboxylic acids is 1. The Morgan fingerprint density at radius 1 is 1.30 bits per heavy atom. The lowest BCUT2D eigenvalue weighted by molar-refractivity contribution is -0.145. The van der Waals surface area contributed by atoms with Crippen LogP contribution in [0.3, 0.4) is 0 Å². The predicted octanol–water partition coefficient (Wildman–Crippen LogP) is 1.53. The van der Waals surface area contributed by atoms with Crippen molar-refractivity contribution in [3.63, 3.8) is 0 Å². The SMILES string of the molecule is O=C(O)C[C@@H](NC(=O)Nc1ccc(Cl)c(F)c1)C(=O)O. The van der Waals surface area contributed by atoms with Gasteiger partial charge in [0, 0.05) is 5.69 Å². The van der Waals surface area contributed by atoms with E-state index in [1.165, 1.54) is 12.1 Å². The van der Waals surface area contributed by atoms with E-state index in [2.05, 4.69) is 5.32 Å². The van der Waals surface area contributed by atoms with Crippen LogP contribution < -0.4 is 10.6 Å². The van der Waals surface area contributed by atoms with Crippen molar-refractivity contribution in [3.8, 4) is 0 Å². The monoisotopic (exact) mass is 304 g/mol. The number of carboxylic acids is 2. The van der Waals surface area contributed by atoms with E-state index >= 15 is 0 Å². The second-order valence-corrected chi connectivity index (χ2v) is 4.12. The largest absolute Gasteiger partial charge is 0.481 e. The van der Waals surface area contributed by atoms with Gasteiger partial charge in [-0.3, -0.25) is 4.79 Å². The summed E-state index contributed by atoms with van der Waals surface area (Å²) < 4.78 is 13.1. The van der Waals surface area contributed by atoms with Crippen molar-refractivity contribution in [3.05, 3.63) is 29.0 Å². The molecule has 0 heterocycles. The summed E-state index contributed by atoms with van der Waals surface area (Å²) in [5.41, 5.74) is 0.0452. The van der Waals surface area contributed by atoms with Crippen molar-refractivity contribution < 1.29 is 29.0 Å². The van der Waals surface area contributed by atoms with E-state index in [0.717, 1.165) is 6.07 Å². The Morgan fingerprint density at radius 2 is 1.95 bits per heavy atom. The molecule has 0 saturated heterocycles. The van der Waals surface area contributed by atoms with E-state index in [1.54, 1.807) is 0 Å². The number of urea groups is 1. The summed E-state index contributed by atoms with van der Waals surface area (Å²) in [5.74, 6) is -3.63. The first-order valence-corrected chi connectivity index (χ1v) is 5.64. The Kier molecular flexibility index (Phi) is 5.27. The molecule has 0 bridgehead atoms. The molecule has 0 saturated carbocycles. The molecule has 1 aromatic carbocycles. The number of aliphatic carboxylic acids is 2. The summed E-state index contributed by atoms with van der Waals surface area (Å²) in [6.07, 6.45) is -0.780. The van der Waals surface area contributed by atoms with Crippen molar-refractivity contribution >= 4 is 35.3 Å². The molecule has 20 heavy (non-hydrogen) atoms. The molecule has 7 nitrogen and oxygen atoms in total. The number of hydrogen-bond donors (Lipinski definition) is 4. The predicted molar refractivity (Wildman–Crippen MR) is 67.2 cm³/mol. The lowest BCUT2D eigenvalue weighted by atomic mass is 10.2. The van der Waals surface area contributed by atoms with E-state index in [1.807, 2.05) is 5.32 Å². The average Bonchev–Trinajstić information content (AvgIpc) is 2.32. The Bertz CT molecular complexity index is 552. The molecule has 4 N–H and O–H groups in total. The van der Waals surface area contributed by atoms with Crippen LogP contribution in [0.5, 0.6) is 0 Å². The summed E-state index contributed by atoms with van der Waals surface area (Å²) >= 11 is 5.45. The zero-order valence-corrected chi connectivity index (χ0v) is 10.6. The smallest absolute Gasteiger partial charge is 0.326 e. The van der Waals surface area contributed by atoms with Crippen molar-refractivity contribution in [1.82, 2.24) is 5.32 Å². The van der Waals surface area contributed by atoms with Crippen molar-refractivity contribution in [2.75, 3.05) is 5.32 Å². The van der Waals surface area contributed by atoms with Gasteiger partial charge in [-0.25, -0.2) is 14.0 Å². The number of benzene rings is 1. The highest BCUT2D eigenvalue weighted by Gasteiger charge is 2.23. The molecule has 2 amide bonds. The maximum absolute atomic E-state index is 13.1. The molecule has 108 valence electrons. The zero-order chi connectivity index (χ0) is 15.3. The molecule has 0 aromatic heterocycles. The van der Waals surface area contributed by atoms with Crippen molar-refractivity contribution in [2.45, 2.75) is 12.5 Å². The fraction of sp³-hybridized carbons (Fsp3) is 0.182. The summed E-state index contributed by atoms with van der Waals surface area (Å²) in [7, 11) is 0. The topological polar surface area (TPSA) is 116 Å². The van der Waals surface area contributed by atoms with Crippen LogP contribution in [-0.2, 0) is 9.59 Å². The Balaban J connectivity index is 2.67. The maximum atomic E-state index is 13.1. The molecular formula is C11H10ClFN2O5. The molecule has 9 heteroatoms. The molecular weight excluding hydrogens is 295 g/mol. The summed E-state index contributed by atoms with van der Waals surface area (Å²) in [5, 5.41) is 21.2. The first-order chi connectivity index (χ1) is 9.29. The molecule has 1 atom stereocenters. The molecule has 0 fully saturated rings. The third-order valence-corrected chi connectivity index (χ3v) is 2.47. The van der Waals surface area contributed by atoms with Crippen LogP contribution >= 0.6 is 11.6 Å². The van der Waals surface area contributed by atoms with Gasteiger partial charge in [0.05, 0.1) is 11.4 Å². The zero-order valence-electron chi connectivity index (χ0n) is 9.89. The van der Waals surface area contributed by atoms with Crippen LogP contribution in [-0.4, -0.2) is 34.2 Å². The quantitative estimate of drug-likeness (QED) is 0.658. The second-order valence-electron chi connectivity index (χ2n) is 3.72. The summed E-state index contributed by atoms with van der Waals surface area (Å²) in [4.78, 5) is 32.6. The number of hydrogen-bond acceptors (Lipinski definition) is 3. The number of nitrogens with one attached hydrogen (secondary N) is 2. The Hall–Kier alpha value is -2.35. The van der Waals surface area contributed by atoms with Gasteiger partial charge in [-0.15, -0.1) is 0 Å². The summed E-state index contributed by atoms with van der Waals surface area (Å²) in [6, 6.07) is 0.885. The number of carbonyl (C=O) groups is 3. The minimum atomic E-state index is -1.59. The number of amides is 2. The first kappa shape index (κ1) is 15.7. The number of halogens is 2. The van der Waals surface area contributed by atoms with Gasteiger partial charge in [0.15, 0.2) is 0 Å². The van der Waals surface area contributed by atoms with Crippen LogP contribution in [0.25, 0.3) is 0 Å². The lowest BCUT2D eigenvalue weighted by Crippen LogP contribution is -2.44. The van der Waals surface area contributed by atoms with Crippen LogP contribution in [0.15, 0.2) is 18.2 Å². The lowest BCUT2D eigenvalue weighted by Gasteiger charge is -2.13. The molecule has 1 rings (SSSR count). The van der Waals surface area contributed by atoms with Gasteiger partial charge in [0.1, 0.15) is 11.9 Å². The summed E-state index contributed by atoms with van der Waals surface area (Å²) in [6.45, 7) is 0. The third-order valence-electron chi connectivity index (χ3n) is 2.16. The van der Waals surface area contributed by atoms with Gasteiger partial charge in [-0.2, -0.15) is 0 Å². The van der Waals surface area contributed by atoms with Gasteiger partial charge in [0.2, 0.25) is 0 Å². The number of anilines is 1. The standard InChI is InChI=1S/C11H10ClFN2O5/c12-6-2-1-5(3-7(6)13)14-11(20)15-8(10(18)19)4-9(16)17/h1-3,8H,4H2,(H,16,17)(H,18,19)(H2,14,15,20)/t8-/m1/s1. The van der Waals surface area contributed by atoms with Gasteiger partial charge >= 0.3 is 18.0 Å². The van der Waals surface area contributed by atoms with Gasteiger partial charge in [0.25, 0.3) is 0 Å². The second kappa shape index (κ2) is 6.71. The third kappa shape index (κ3) is 4.73. The minimum absolute atomic E-state index is 0.0452. The van der Waals surface area contributed by atoms with E-state index in [0.29, 0.717) is 0 Å². The minimum Gasteiger partial charge on any atom is -0.481 e. The van der Waals surface area contributed by atoms with Crippen LogP contribution in [0.4, 0.5) is 14.9 Å². The van der Waals surface area contributed by atoms with Crippen LogP contribution in [0.1, 0.15) is 6.42 Å². The van der Waals surface area contributed by atoms with E-state index in [-0.39, 0.29) is 10.7 Å². The number of rotatable bonds is 5. The highest BCUT2D eigenvalue weighted by Crippen LogP contribution is 2.18. The molecule has 0 radical (unpaired) electrons. The highest BCUT2D eigenvalue weighted by molar-refractivity contribution is 6.30. The molecule has 0 spiro atoms. The number of carboxylic acid groups (broad SMARTS) is 2. The molecule has 0 aliphatic heterocycles. The van der Waals surface area contributed by atoms with Crippen LogP contribution in [0.2, 0.25) is 5.02 Å². The normalized spacial score (nSPS) is 11.5. The Morgan fingerprint density at radius 3 is 2.45 bits per heavy atom. The fourth-order valence-electron chi connectivity index (χ4n) is 1.27. The molecule has 0 unspecified atom stereocenters. The van der Waals surface area contributed by atoms with E-state index in [9.17, 15) is 18.8 Å². The van der Waals surface area contributed by atoms with E-state index in [4.69, 9.17) is 21.8 Å². The van der Waals surface area contributed by atoms with Crippen LogP contribution in [0, 0.1) is 5.82 Å². The molecule has 0 aliphatic carbocycles. The molecule has 0 aliphatic rings. The van der Waals surface area contributed by atoms with Gasteiger partial charge < -0.3 is 20.8 Å². The van der Waals surface area contributed by atoms with E-state index < -0.39 is 36.2 Å². The van der Waals surface area contributed by atoms with Gasteiger partial charge in [-0.1, -0.05) is 11.6 Å². The maximum Gasteiger partial charge on any atom is 0.326 e.